The third kappa shape index (κ3) is 3.58. The molecule has 0 saturated carbocycles. The van der Waals surface area contributed by atoms with E-state index in [-0.39, 0.29) is 5.78 Å². The van der Waals surface area contributed by atoms with Crippen LogP contribution in [-0.2, 0) is 4.79 Å². The summed E-state index contributed by atoms with van der Waals surface area (Å²) in [6, 6.07) is 18.8. The van der Waals surface area contributed by atoms with Crippen molar-refractivity contribution in [2.24, 2.45) is 0 Å². The fraction of sp³-hybridized carbons (Fsp3) is 0.0952. The maximum atomic E-state index is 12.2. The molecule has 0 heterocycles. The lowest BCUT2D eigenvalue weighted by atomic mass is 9.96. The first-order chi connectivity index (χ1) is 11.7. The minimum atomic E-state index is 0.0192. The Morgan fingerprint density at radius 3 is 1.96 bits per heavy atom. The smallest absolute Gasteiger partial charge is 0.180 e. The van der Waals surface area contributed by atoms with Gasteiger partial charge in [0.25, 0.3) is 0 Å². The van der Waals surface area contributed by atoms with Gasteiger partial charge in [0.15, 0.2) is 5.78 Å². The van der Waals surface area contributed by atoms with Gasteiger partial charge in [0.05, 0.1) is 0 Å². The van der Waals surface area contributed by atoms with Gasteiger partial charge >= 0.3 is 0 Å². The number of allylic oxidation sites excluding steroid dienone is 2. The Morgan fingerprint density at radius 2 is 1.42 bits per heavy atom. The topological polar surface area (TPSA) is 17.1 Å². The van der Waals surface area contributed by atoms with E-state index >= 15 is 0 Å². The van der Waals surface area contributed by atoms with Crippen molar-refractivity contribution in [3.63, 3.8) is 0 Å². The molecule has 0 unspecified atom stereocenters. The van der Waals surface area contributed by atoms with Crippen molar-refractivity contribution in [2.45, 2.75) is 0 Å². The molecule has 0 aromatic heterocycles. The zero-order valence-corrected chi connectivity index (χ0v) is 15.3. The van der Waals surface area contributed by atoms with E-state index in [1.165, 1.54) is 21.5 Å². The Bertz CT molecular complexity index is 894. The van der Waals surface area contributed by atoms with E-state index in [9.17, 15) is 4.79 Å². The monoisotopic (exact) mass is 350 g/mol. The molecule has 0 amide bonds. The molecule has 0 saturated heterocycles. The maximum Gasteiger partial charge on any atom is 0.180 e. The molecule has 0 aliphatic heterocycles. The van der Waals surface area contributed by atoms with E-state index in [1.54, 1.807) is 35.7 Å². The summed E-state index contributed by atoms with van der Waals surface area (Å²) < 4.78 is 1.02. The molecular weight excluding hydrogens is 332 g/mol. The molecule has 3 aromatic rings. The first-order valence-corrected chi connectivity index (χ1v) is 10.1. The van der Waals surface area contributed by atoms with E-state index in [0.717, 1.165) is 9.80 Å². The summed E-state index contributed by atoms with van der Waals surface area (Å²) in [6.45, 7) is 0. The first kappa shape index (κ1) is 16.9. The minimum Gasteiger partial charge on any atom is -0.290 e. The van der Waals surface area contributed by atoms with Crippen LogP contribution in [0.25, 0.3) is 27.6 Å². The number of carbonyl (C=O) groups is 1. The van der Waals surface area contributed by atoms with Crippen LogP contribution in [0.2, 0.25) is 0 Å². The number of carbonyl (C=O) groups excluding carboxylic acids is 1. The van der Waals surface area contributed by atoms with E-state index in [0.29, 0.717) is 0 Å². The average molecular weight is 351 g/mol. The lowest BCUT2D eigenvalue weighted by Crippen LogP contribution is -1.88. The Kier molecular flexibility index (Phi) is 5.44. The molecule has 24 heavy (non-hydrogen) atoms. The van der Waals surface area contributed by atoms with Crippen LogP contribution in [0.1, 0.15) is 5.56 Å². The summed E-state index contributed by atoms with van der Waals surface area (Å²) in [5.74, 6) is 0.0192. The molecule has 3 heteroatoms. The molecule has 0 radical (unpaired) electrons. The standard InChI is InChI=1S/C21H18OS2/c1-23-21(24-2)14-17(22)11-12-20-18-9-5-3-7-15(18)13-16-8-4-6-10-19(16)20/h3-14H,1-2H3/b12-11+. The number of fused-ring (bicyclic) bond motifs is 2. The predicted octanol–water partition coefficient (Wildman–Crippen LogP) is 6.14. The van der Waals surface area contributed by atoms with Crippen molar-refractivity contribution in [2.75, 3.05) is 12.5 Å². The van der Waals surface area contributed by atoms with Crippen LogP contribution < -0.4 is 0 Å². The molecule has 120 valence electrons. The molecule has 0 fully saturated rings. The lowest BCUT2D eigenvalue weighted by molar-refractivity contribution is -0.110. The van der Waals surface area contributed by atoms with Crippen molar-refractivity contribution in [3.8, 4) is 0 Å². The van der Waals surface area contributed by atoms with Gasteiger partial charge in [-0.05, 0) is 57.8 Å². The van der Waals surface area contributed by atoms with Crippen molar-refractivity contribution < 1.29 is 4.79 Å². The highest BCUT2D eigenvalue weighted by atomic mass is 32.2. The van der Waals surface area contributed by atoms with Crippen molar-refractivity contribution in [1.82, 2.24) is 0 Å². The van der Waals surface area contributed by atoms with Gasteiger partial charge in [0.1, 0.15) is 0 Å². The number of rotatable bonds is 5. The molecule has 0 N–H and O–H groups in total. The van der Waals surface area contributed by atoms with Crippen molar-refractivity contribution in [3.05, 3.63) is 76.5 Å². The van der Waals surface area contributed by atoms with Crippen molar-refractivity contribution in [1.29, 1.82) is 0 Å². The third-order valence-corrected chi connectivity index (χ3v) is 5.93. The van der Waals surface area contributed by atoms with Crippen LogP contribution >= 0.6 is 23.5 Å². The molecule has 3 aromatic carbocycles. The predicted molar refractivity (Wildman–Crippen MR) is 111 cm³/mol. The molecule has 0 spiro atoms. The summed E-state index contributed by atoms with van der Waals surface area (Å²) in [5, 5.41) is 4.71. The van der Waals surface area contributed by atoms with Crippen LogP contribution in [-0.4, -0.2) is 18.3 Å². The highest BCUT2D eigenvalue weighted by molar-refractivity contribution is 8.21. The Balaban J connectivity index is 2.11. The van der Waals surface area contributed by atoms with Crippen LogP contribution in [0, 0.1) is 0 Å². The number of ketones is 1. The van der Waals surface area contributed by atoms with E-state index in [1.807, 2.05) is 42.9 Å². The highest BCUT2D eigenvalue weighted by Gasteiger charge is 2.05. The largest absolute Gasteiger partial charge is 0.290 e. The van der Waals surface area contributed by atoms with Crippen molar-refractivity contribution >= 4 is 56.9 Å². The Hall–Kier alpha value is -1.97. The van der Waals surface area contributed by atoms with Gasteiger partial charge in [-0.15, -0.1) is 23.5 Å². The minimum absolute atomic E-state index is 0.0192. The summed E-state index contributed by atoms with van der Waals surface area (Å²) in [7, 11) is 0. The normalized spacial score (nSPS) is 11.2. The number of thioether (sulfide) groups is 2. The molecule has 0 bridgehead atoms. The van der Waals surface area contributed by atoms with E-state index in [4.69, 9.17) is 0 Å². The molecule has 0 atom stereocenters. The molecule has 0 aliphatic carbocycles. The second-order valence-corrected chi connectivity index (χ2v) is 7.29. The second kappa shape index (κ2) is 7.73. The summed E-state index contributed by atoms with van der Waals surface area (Å²) >= 11 is 3.19. The Labute approximate surface area is 150 Å². The molecular formula is C21H18OS2. The van der Waals surface area contributed by atoms with Crippen LogP contribution in [0.4, 0.5) is 0 Å². The van der Waals surface area contributed by atoms with Crippen LogP contribution in [0.15, 0.2) is 71.0 Å². The van der Waals surface area contributed by atoms with Gasteiger partial charge in [-0.25, -0.2) is 0 Å². The fourth-order valence-electron chi connectivity index (χ4n) is 2.76. The zero-order chi connectivity index (χ0) is 16.9. The zero-order valence-electron chi connectivity index (χ0n) is 13.7. The van der Waals surface area contributed by atoms with Gasteiger partial charge < -0.3 is 0 Å². The SMILES string of the molecule is CSC(=CC(=O)/C=C/c1c2ccccc2cc2ccccc12)SC. The van der Waals surface area contributed by atoms with Gasteiger partial charge in [-0.3, -0.25) is 4.79 Å². The molecule has 0 aliphatic rings. The first-order valence-electron chi connectivity index (χ1n) is 7.65. The average Bonchev–Trinajstić information content (AvgIpc) is 2.63. The quantitative estimate of drug-likeness (QED) is 0.406. The summed E-state index contributed by atoms with van der Waals surface area (Å²) in [6.07, 6.45) is 9.27. The van der Waals surface area contributed by atoms with Crippen LogP contribution in [0.5, 0.6) is 0 Å². The van der Waals surface area contributed by atoms with Gasteiger partial charge in [0, 0.05) is 10.3 Å². The van der Waals surface area contributed by atoms with E-state index < -0.39 is 0 Å². The molecule has 3 rings (SSSR count). The number of benzene rings is 3. The van der Waals surface area contributed by atoms with Gasteiger partial charge in [-0.2, -0.15) is 0 Å². The van der Waals surface area contributed by atoms with Gasteiger partial charge in [0.2, 0.25) is 0 Å². The maximum absolute atomic E-state index is 12.2. The third-order valence-electron chi connectivity index (χ3n) is 3.89. The fourth-order valence-corrected chi connectivity index (χ4v) is 3.89. The lowest BCUT2D eigenvalue weighted by Gasteiger charge is -2.08. The van der Waals surface area contributed by atoms with Gasteiger partial charge in [-0.1, -0.05) is 48.5 Å². The second-order valence-electron chi connectivity index (χ2n) is 5.34. The molecule has 1 nitrogen and oxygen atoms in total. The number of hydrogen-bond donors (Lipinski definition) is 0. The van der Waals surface area contributed by atoms with E-state index in [2.05, 4.69) is 30.3 Å². The Morgan fingerprint density at radius 1 is 0.875 bits per heavy atom. The highest BCUT2D eigenvalue weighted by Crippen LogP contribution is 2.29. The number of hydrogen-bond acceptors (Lipinski definition) is 3. The summed E-state index contributed by atoms with van der Waals surface area (Å²) in [5.41, 5.74) is 1.10. The van der Waals surface area contributed by atoms with Crippen LogP contribution in [0.3, 0.4) is 0 Å². The summed E-state index contributed by atoms with van der Waals surface area (Å²) in [4.78, 5) is 12.2.